The van der Waals surface area contributed by atoms with Crippen molar-refractivity contribution in [3.05, 3.63) is 32.7 Å². The lowest BCUT2D eigenvalue weighted by atomic mass is 9.89. The van der Waals surface area contributed by atoms with E-state index < -0.39 is 0 Å². The van der Waals surface area contributed by atoms with Gasteiger partial charge in [0.25, 0.3) is 0 Å². The molecular formula is C17H27Br2N. The first kappa shape index (κ1) is 18.2. The summed E-state index contributed by atoms with van der Waals surface area (Å²) < 4.78 is 2.29. The molecular weight excluding hydrogens is 378 g/mol. The van der Waals surface area contributed by atoms with Crippen LogP contribution < -0.4 is 5.32 Å². The molecule has 1 aromatic rings. The Balaban J connectivity index is 2.81. The summed E-state index contributed by atoms with van der Waals surface area (Å²) in [4.78, 5) is 0. The molecule has 20 heavy (non-hydrogen) atoms. The second kappa shape index (κ2) is 9.97. The minimum atomic E-state index is 0.454. The maximum Gasteiger partial charge on any atom is 0.0323 e. The summed E-state index contributed by atoms with van der Waals surface area (Å²) in [6.45, 7) is 7.80. The van der Waals surface area contributed by atoms with Crippen LogP contribution in [-0.2, 0) is 0 Å². The summed E-state index contributed by atoms with van der Waals surface area (Å²) in [7, 11) is 0. The van der Waals surface area contributed by atoms with Gasteiger partial charge in [0.2, 0.25) is 0 Å². The third-order valence-electron chi connectivity index (χ3n) is 3.85. The fourth-order valence-electron chi connectivity index (χ4n) is 2.67. The molecule has 1 rings (SSSR count). The molecule has 2 atom stereocenters. The normalized spacial score (nSPS) is 14.2. The average molecular weight is 405 g/mol. The van der Waals surface area contributed by atoms with Crippen LogP contribution >= 0.6 is 31.9 Å². The van der Waals surface area contributed by atoms with E-state index in [-0.39, 0.29) is 0 Å². The van der Waals surface area contributed by atoms with Crippen molar-refractivity contribution in [2.45, 2.75) is 58.9 Å². The second-order valence-corrected chi connectivity index (χ2v) is 7.30. The number of halogens is 2. The zero-order valence-electron chi connectivity index (χ0n) is 12.9. The van der Waals surface area contributed by atoms with Gasteiger partial charge in [-0.15, -0.1) is 0 Å². The van der Waals surface area contributed by atoms with E-state index in [0.29, 0.717) is 6.04 Å². The minimum Gasteiger partial charge on any atom is -0.310 e. The Morgan fingerprint density at radius 1 is 1.05 bits per heavy atom. The van der Waals surface area contributed by atoms with E-state index in [2.05, 4.69) is 76.1 Å². The number of hydrogen-bond donors (Lipinski definition) is 1. The highest BCUT2D eigenvalue weighted by molar-refractivity contribution is 9.11. The average Bonchev–Trinajstić information content (AvgIpc) is 2.41. The Labute approximate surface area is 141 Å². The molecule has 0 spiro atoms. The quantitative estimate of drug-likeness (QED) is 0.497. The van der Waals surface area contributed by atoms with Gasteiger partial charge in [0, 0.05) is 15.0 Å². The first-order valence-corrected chi connectivity index (χ1v) is 9.38. The number of benzene rings is 1. The third-order valence-corrected chi connectivity index (χ3v) is 4.77. The standard InChI is InChI=1S/C17H27Br2N/c1-4-7-8-13(5-2)9-17(20-6-3)14-10-15(18)12-16(19)11-14/h10-13,17,20H,4-9H2,1-3H3. The number of hydrogen-bond acceptors (Lipinski definition) is 1. The Morgan fingerprint density at radius 2 is 1.70 bits per heavy atom. The molecule has 0 aromatic heterocycles. The van der Waals surface area contributed by atoms with Gasteiger partial charge >= 0.3 is 0 Å². The van der Waals surface area contributed by atoms with Crippen LogP contribution in [0.3, 0.4) is 0 Å². The predicted octanol–water partition coefficient (Wildman–Crippen LogP) is 6.47. The van der Waals surface area contributed by atoms with E-state index in [1.807, 2.05) is 0 Å². The molecule has 0 saturated heterocycles. The van der Waals surface area contributed by atoms with Gasteiger partial charge < -0.3 is 5.32 Å². The predicted molar refractivity (Wildman–Crippen MR) is 96.2 cm³/mol. The first-order chi connectivity index (χ1) is 9.60. The molecule has 114 valence electrons. The molecule has 0 aliphatic rings. The van der Waals surface area contributed by atoms with Gasteiger partial charge in [-0.3, -0.25) is 0 Å². The van der Waals surface area contributed by atoms with Crippen molar-refractivity contribution in [1.29, 1.82) is 0 Å². The largest absolute Gasteiger partial charge is 0.310 e. The lowest BCUT2D eigenvalue weighted by Crippen LogP contribution is -2.23. The first-order valence-electron chi connectivity index (χ1n) is 7.80. The monoisotopic (exact) mass is 403 g/mol. The lowest BCUT2D eigenvalue weighted by Gasteiger charge is -2.24. The smallest absolute Gasteiger partial charge is 0.0323 e. The summed E-state index contributed by atoms with van der Waals surface area (Å²) in [5.41, 5.74) is 1.38. The van der Waals surface area contributed by atoms with Crippen LogP contribution in [-0.4, -0.2) is 6.54 Å². The van der Waals surface area contributed by atoms with Crippen molar-refractivity contribution >= 4 is 31.9 Å². The zero-order chi connectivity index (χ0) is 15.0. The van der Waals surface area contributed by atoms with Crippen LogP contribution in [0.25, 0.3) is 0 Å². The maximum atomic E-state index is 3.65. The molecule has 0 heterocycles. The van der Waals surface area contributed by atoms with Gasteiger partial charge in [-0.2, -0.15) is 0 Å². The highest BCUT2D eigenvalue weighted by Crippen LogP contribution is 2.30. The van der Waals surface area contributed by atoms with E-state index in [9.17, 15) is 0 Å². The summed E-state index contributed by atoms with van der Waals surface area (Å²) in [6.07, 6.45) is 6.50. The van der Waals surface area contributed by atoms with Gasteiger partial charge in [-0.1, -0.05) is 78.3 Å². The van der Waals surface area contributed by atoms with Crippen LogP contribution in [0.5, 0.6) is 0 Å². The summed E-state index contributed by atoms with van der Waals surface area (Å²) in [5.74, 6) is 0.816. The molecule has 3 heteroatoms. The third kappa shape index (κ3) is 6.28. The lowest BCUT2D eigenvalue weighted by molar-refractivity contribution is 0.357. The molecule has 1 N–H and O–H groups in total. The Morgan fingerprint density at radius 3 is 2.20 bits per heavy atom. The molecule has 1 nitrogen and oxygen atoms in total. The van der Waals surface area contributed by atoms with Crippen molar-refractivity contribution in [3.8, 4) is 0 Å². The van der Waals surface area contributed by atoms with Gasteiger partial charge in [0.05, 0.1) is 0 Å². The van der Waals surface area contributed by atoms with Crippen molar-refractivity contribution in [3.63, 3.8) is 0 Å². The SMILES string of the molecule is CCCCC(CC)CC(NCC)c1cc(Br)cc(Br)c1. The van der Waals surface area contributed by atoms with Gasteiger partial charge in [0.1, 0.15) is 0 Å². The Kier molecular flexibility index (Phi) is 9.06. The maximum absolute atomic E-state index is 3.65. The summed E-state index contributed by atoms with van der Waals surface area (Å²) in [5, 5.41) is 3.65. The van der Waals surface area contributed by atoms with Crippen LogP contribution in [0.15, 0.2) is 27.1 Å². The molecule has 0 aliphatic carbocycles. The van der Waals surface area contributed by atoms with Crippen LogP contribution in [0.4, 0.5) is 0 Å². The second-order valence-electron chi connectivity index (χ2n) is 5.47. The van der Waals surface area contributed by atoms with Crippen LogP contribution in [0.1, 0.15) is 64.5 Å². The van der Waals surface area contributed by atoms with E-state index in [4.69, 9.17) is 0 Å². The molecule has 2 unspecified atom stereocenters. The number of rotatable bonds is 9. The summed E-state index contributed by atoms with van der Waals surface area (Å²) >= 11 is 7.20. The molecule has 0 amide bonds. The van der Waals surface area contributed by atoms with Gasteiger partial charge in [-0.05, 0) is 42.6 Å². The molecule has 0 saturated carbocycles. The van der Waals surface area contributed by atoms with E-state index >= 15 is 0 Å². The fraction of sp³-hybridized carbons (Fsp3) is 0.647. The summed E-state index contributed by atoms with van der Waals surface area (Å²) in [6, 6.07) is 7.03. The molecule has 0 bridgehead atoms. The number of unbranched alkanes of at least 4 members (excludes halogenated alkanes) is 1. The topological polar surface area (TPSA) is 12.0 Å². The van der Waals surface area contributed by atoms with Crippen molar-refractivity contribution in [2.24, 2.45) is 5.92 Å². The van der Waals surface area contributed by atoms with Crippen molar-refractivity contribution in [1.82, 2.24) is 5.32 Å². The minimum absolute atomic E-state index is 0.454. The Hall–Kier alpha value is 0.140. The number of nitrogens with one attached hydrogen (secondary N) is 1. The van der Waals surface area contributed by atoms with Gasteiger partial charge in [-0.25, -0.2) is 0 Å². The molecule has 0 radical (unpaired) electrons. The molecule has 0 fully saturated rings. The zero-order valence-corrected chi connectivity index (χ0v) is 16.1. The van der Waals surface area contributed by atoms with Crippen LogP contribution in [0.2, 0.25) is 0 Å². The highest BCUT2D eigenvalue weighted by Gasteiger charge is 2.17. The molecule has 1 aromatic carbocycles. The highest BCUT2D eigenvalue weighted by atomic mass is 79.9. The van der Waals surface area contributed by atoms with E-state index in [1.165, 1.54) is 37.7 Å². The van der Waals surface area contributed by atoms with Crippen molar-refractivity contribution in [2.75, 3.05) is 6.54 Å². The van der Waals surface area contributed by atoms with E-state index in [1.54, 1.807) is 0 Å². The van der Waals surface area contributed by atoms with Crippen molar-refractivity contribution < 1.29 is 0 Å². The van der Waals surface area contributed by atoms with E-state index in [0.717, 1.165) is 21.4 Å². The molecule has 0 aliphatic heterocycles. The van der Waals surface area contributed by atoms with Crippen LogP contribution in [0, 0.1) is 5.92 Å². The Bertz CT molecular complexity index is 372. The fourth-order valence-corrected chi connectivity index (χ4v) is 4.00. The van der Waals surface area contributed by atoms with Gasteiger partial charge in [0.15, 0.2) is 0 Å².